The minimum absolute atomic E-state index is 0.170. The number of aliphatic hydroxyl groups is 1. The summed E-state index contributed by atoms with van der Waals surface area (Å²) in [5.74, 6) is -2.54. The molecule has 0 aliphatic rings. The standard InChI is InChI=1S/C26H24F4N4O5/c1-31-9-10-37-22-12-17-14(11-21(22)36-2)18(6-8-33-17)38-20-4-3-16(23(27)24(20)28)34-25(35)15-13-32-7-5-19(15)39-26(29)30/h3-8,11-13,25-26,31,34-35H,9-10H2,1-2H3. The van der Waals surface area contributed by atoms with E-state index in [4.69, 9.17) is 14.2 Å². The zero-order valence-electron chi connectivity index (χ0n) is 20.8. The van der Waals surface area contributed by atoms with Crippen LogP contribution in [0.3, 0.4) is 0 Å². The van der Waals surface area contributed by atoms with Gasteiger partial charge in [0, 0.05) is 36.6 Å². The molecule has 39 heavy (non-hydrogen) atoms. The van der Waals surface area contributed by atoms with E-state index in [1.54, 1.807) is 19.2 Å². The molecule has 9 nitrogen and oxygen atoms in total. The monoisotopic (exact) mass is 548 g/mol. The predicted octanol–water partition coefficient (Wildman–Crippen LogP) is 5.01. The number of hydrogen-bond donors (Lipinski definition) is 3. The number of fused-ring (bicyclic) bond motifs is 1. The molecule has 0 aliphatic carbocycles. The van der Waals surface area contributed by atoms with Gasteiger partial charge < -0.3 is 34.7 Å². The number of nitrogens with zero attached hydrogens (tertiary/aromatic N) is 2. The molecule has 0 radical (unpaired) electrons. The number of hydrogen-bond acceptors (Lipinski definition) is 9. The van der Waals surface area contributed by atoms with Crippen LogP contribution in [0.2, 0.25) is 0 Å². The fraction of sp³-hybridized carbons (Fsp3) is 0.231. The number of rotatable bonds is 12. The minimum atomic E-state index is -3.16. The van der Waals surface area contributed by atoms with E-state index in [9.17, 15) is 18.3 Å². The van der Waals surface area contributed by atoms with Crippen LogP contribution < -0.4 is 29.6 Å². The summed E-state index contributed by atoms with van der Waals surface area (Å²) in [7, 11) is 3.26. The van der Waals surface area contributed by atoms with E-state index in [0.717, 1.165) is 24.4 Å². The third-order valence-corrected chi connectivity index (χ3v) is 5.48. The van der Waals surface area contributed by atoms with Crippen molar-refractivity contribution < 1.29 is 41.6 Å². The van der Waals surface area contributed by atoms with Gasteiger partial charge in [0.25, 0.3) is 0 Å². The van der Waals surface area contributed by atoms with Gasteiger partial charge in [-0.2, -0.15) is 13.2 Å². The summed E-state index contributed by atoms with van der Waals surface area (Å²) in [4.78, 5) is 8.03. The highest BCUT2D eigenvalue weighted by Gasteiger charge is 2.22. The summed E-state index contributed by atoms with van der Waals surface area (Å²) in [6.45, 7) is -2.17. The third-order valence-electron chi connectivity index (χ3n) is 5.48. The number of aromatic nitrogens is 2. The molecule has 0 fully saturated rings. The highest BCUT2D eigenvalue weighted by atomic mass is 19.3. The summed E-state index contributed by atoms with van der Waals surface area (Å²) < 4.78 is 76.4. The Morgan fingerprint density at radius 3 is 2.49 bits per heavy atom. The van der Waals surface area contributed by atoms with Gasteiger partial charge in [-0.25, -0.2) is 4.39 Å². The molecule has 2 aromatic carbocycles. The van der Waals surface area contributed by atoms with Crippen molar-refractivity contribution in [3.8, 4) is 28.7 Å². The fourth-order valence-electron chi connectivity index (χ4n) is 3.62. The highest BCUT2D eigenvalue weighted by Crippen LogP contribution is 2.38. The second kappa shape index (κ2) is 12.5. The molecular formula is C26H24F4N4O5. The molecule has 0 saturated heterocycles. The second-order valence-corrected chi connectivity index (χ2v) is 7.96. The third kappa shape index (κ3) is 6.38. The highest BCUT2D eigenvalue weighted by molar-refractivity contribution is 5.88. The van der Waals surface area contributed by atoms with Crippen LogP contribution in [-0.2, 0) is 0 Å². The van der Waals surface area contributed by atoms with Gasteiger partial charge in [-0.05, 0) is 37.4 Å². The van der Waals surface area contributed by atoms with Crippen LogP contribution in [0.1, 0.15) is 11.8 Å². The summed E-state index contributed by atoms with van der Waals surface area (Å²) in [5.41, 5.74) is -0.193. The minimum Gasteiger partial charge on any atom is -0.493 e. The van der Waals surface area contributed by atoms with Gasteiger partial charge in [0.1, 0.15) is 18.1 Å². The number of ether oxygens (including phenoxy) is 4. The quantitative estimate of drug-likeness (QED) is 0.128. The molecule has 206 valence electrons. The van der Waals surface area contributed by atoms with Crippen LogP contribution >= 0.6 is 0 Å². The van der Waals surface area contributed by atoms with E-state index in [1.165, 1.54) is 25.6 Å². The molecule has 0 spiro atoms. The molecule has 2 heterocycles. The number of benzene rings is 2. The molecule has 0 bridgehead atoms. The van der Waals surface area contributed by atoms with Crippen LogP contribution in [0.4, 0.5) is 23.2 Å². The van der Waals surface area contributed by atoms with Gasteiger partial charge in [0.15, 0.2) is 29.3 Å². The molecule has 13 heteroatoms. The maximum absolute atomic E-state index is 15.0. The molecule has 0 amide bonds. The van der Waals surface area contributed by atoms with Crippen LogP contribution in [0.25, 0.3) is 10.9 Å². The first-order chi connectivity index (χ1) is 18.8. The van der Waals surface area contributed by atoms with Crippen molar-refractivity contribution in [2.45, 2.75) is 12.8 Å². The molecule has 1 atom stereocenters. The Balaban J connectivity index is 1.58. The molecular weight excluding hydrogens is 524 g/mol. The average Bonchev–Trinajstić information content (AvgIpc) is 2.92. The molecule has 4 aromatic rings. The maximum Gasteiger partial charge on any atom is 0.387 e. The Morgan fingerprint density at radius 2 is 1.74 bits per heavy atom. The topological polar surface area (TPSA) is 107 Å². The van der Waals surface area contributed by atoms with E-state index in [1.807, 2.05) is 0 Å². The van der Waals surface area contributed by atoms with E-state index in [2.05, 4.69) is 25.3 Å². The van der Waals surface area contributed by atoms with Crippen molar-refractivity contribution in [3.63, 3.8) is 0 Å². The van der Waals surface area contributed by atoms with Gasteiger partial charge in [-0.3, -0.25) is 9.97 Å². The number of likely N-dealkylation sites (N-methyl/N-ethyl adjacent to an activating group) is 1. The number of methoxy groups -OCH3 is 1. The maximum atomic E-state index is 15.0. The number of aliphatic hydroxyl groups excluding tert-OH is 1. The van der Waals surface area contributed by atoms with E-state index in [-0.39, 0.29) is 17.1 Å². The number of nitrogens with one attached hydrogen (secondary N) is 2. The van der Waals surface area contributed by atoms with Crippen molar-refractivity contribution in [1.82, 2.24) is 15.3 Å². The summed E-state index contributed by atoms with van der Waals surface area (Å²) >= 11 is 0. The Bertz CT molecular complexity index is 1440. The van der Waals surface area contributed by atoms with Crippen molar-refractivity contribution >= 4 is 16.6 Å². The number of anilines is 1. The van der Waals surface area contributed by atoms with Crippen molar-refractivity contribution in [2.75, 3.05) is 32.6 Å². The lowest BCUT2D eigenvalue weighted by molar-refractivity contribution is -0.0514. The lowest BCUT2D eigenvalue weighted by Crippen LogP contribution is -2.16. The summed E-state index contributed by atoms with van der Waals surface area (Å²) in [6, 6.07) is 8.10. The molecule has 2 aromatic heterocycles. The number of alkyl halides is 2. The molecule has 1 unspecified atom stereocenters. The Labute approximate surface area is 220 Å². The summed E-state index contributed by atoms with van der Waals surface area (Å²) in [6.07, 6.45) is 1.93. The summed E-state index contributed by atoms with van der Waals surface area (Å²) in [5, 5.41) is 16.2. The first-order valence-corrected chi connectivity index (χ1v) is 11.6. The number of pyridine rings is 2. The van der Waals surface area contributed by atoms with Crippen LogP contribution in [0.5, 0.6) is 28.7 Å². The Hall–Kier alpha value is -4.36. The van der Waals surface area contributed by atoms with Crippen LogP contribution in [0, 0.1) is 11.6 Å². The fourth-order valence-corrected chi connectivity index (χ4v) is 3.62. The smallest absolute Gasteiger partial charge is 0.387 e. The second-order valence-electron chi connectivity index (χ2n) is 7.96. The Morgan fingerprint density at radius 1 is 0.949 bits per heavy atom. The van der Waals surface area contributed by atoms with Gasteiger partial charge in [0.05, 0.1) is 23.9 Å². The first kappa shape index (κ1) is 27.7. The van der Waals surface area contributed by atoms with Crippen molar-refractivity contribution in [1.29, 1.82) is 0 Å². The molecule has 0 aliphatic heterocycles. The van der Waals surface area contributed by atoms with Gasteiger partial charge in [0.2, 0.25) is 5.82 Å². The average molecular weight is 548 g/mol. The normalized spacial score (nSPS) is 11.9. The SMILES string of the molecule is CNCCOc1cc2nccc(Oc3ccc(NC(O)c4cnccc4OC(F)F)c(F)c3F)c2cc1OC. The van der Waals surface area contributed by atoms with Gasteiger partial charge >= 0.3 is 6.61 Å². The lowest BCUT2D eigenvalue weighted by Gasteiger charge is -2.19. The van der Waals surface area contributed by atoms with E-state index >= 15 is 4.39 Å². The number of halogens is 4. The van der Waals surface area contributed by atoms with E-state index in [0.29, 0.717) is 35.6 Å². The first-order valence-electron chi connectivity index (χ1n) is 11.6. The van der Waals surface area contributed by atoms with Crippen LogP contribution in [-0.4, -0.2) is 49.0 Å². The largest absolute Gasteiger partial charge is 0.493 e. The van der Waals surface area contributed by atoms with Gasteiger partial charge in [-0.1, -0.05) is 0 Å². The Kier molecular flexibility index (Phi) is 8.84. The van der Waals surface area contributed by atoms with Crippen molar-refractivity contribution in [3.05, 3.63) is 72.2 Å². The molecule has 3 N–H and O–H groups in total. The van der Waals surface area contributed by atoms with E-state index < -0.39 is 35.9 Å². The molecule has 0 saturated carbocycles. The molecule has 4 rings (SSSR count). The predicted molar refractivity (Wildman–Crippen MR) is 134 cm³/mol. The van der Waals surface area contributed by atoms with Crippen LogP contribution in [0.15, 0.2) is 55.0 Å². The van der Waals surface area contributed by atoms with Gasteiger partial charge in [-0.15, -0.1) is 0 Å². The zero-order chi connectivity index (χ0) is 27.9. The zero-order valence-corrected chi connectivity index (χ0v) is 20.8. The lowest BCUT2D eigenvalue weighted by atomic mass is 10.1. The van der Waals surface area contributed by atoms with Crippen molar-refractivity contribution in [2.24, 2.45) is 0 Å².